The molecule has 0 atom stereocenters. The first-order valence-electron chi connectivity index (χ1n) is 6.90. The number of ketones is 1. The summed E-state index contributed by atoms with van der Waals surface area (Å²) >= 11 is 3.46. The van der Waals surface area contributed by atoms with E-state index in [2.05, 4.69) is 15.9 Å². The number of amides is 1. The summed E-state index contributed by atoms with van der Waals surface area (Å²) in [4.78, 5) is 24.8. The van der Waals surface area contributed by atoms with Gasteiger partial charge in [0.25, 0.3) is 0 Å². The summed E-state index contributed by atoms with van der Waals surface area (Å²) in [6.45, 7) is 2.75. The lowest BCUT2D eigenvalue weighted by atomic mass is 9.82. The zero-order valence-electron chi connectivity index (χ0n) is 11.7. The number of nitrogens with zero attached hydrogens (tertiary/aromatic N) is 1. The Morgan fingerprint density at radius 3 is 2.67 bits per heavy atom. The van der Waals surface area contributed by atoms with Crippen molar-refractivity contribution in [1.29, 1.82) is 0 Å². The summed E-state index contributed by atoms with van der Waals surface area (Å²) in [6.07, 6.45) is 0.520. The number of likely N-dealkylation sites (tertiary alicyclic amines) is 1. The number of ether oxygens (including phenoxy) is 1. The second kappa shape index (κ2) is 5.02. The standard InChI is InChI=1S/C15H16BrNO4/c1-9-6-10-12(18)8-15(21-13(10)7-11(9)16)2-4-17(5-3-15)14(19)20/h6-7H,2-5,8H2,1H3,(H,19,20). The lowest BCUT2D eigenvalue weighted by molar-refractivity contribution is -0.00526. The number of benzene rings is 1. The molecular formula is C15H16BrNO4. The van der Waals surface area contributed by atoms with Gasteiger partial charge >= 0.3 is 6.09 Å². The molecule has 6 heteroatoms. The number of carbonyl (C=O) groups is 2. The molecule has 1 aromatic rings. The van der Waals surface area contributed by atoms with Crippen LogP contribution in [0.5, 0.6) is 5.75 Å². The lowest BCUT2D eigenvalue weighted by Gasteiger charge is -2.43. The van der Waals surface area contributed by atoms with Crippen molar-refractivity contribution in [3.05, 3.63) is 27.7 Å². The van der Waals surface area contributed by atoms with Crippen LogP contribution in [0.25, 0.3) is 0 Å². The fourth-order valence-corrected chi connectivity index (χ4v) is 3.33. The fourth-order valence-electron chi connectivity index (χ4n) is 3.01. The molecule has 1 saturated heterocycles. The van der Waals surface area contributed by atoms with Gasteiger partial charge in [0.2, 0.25) is 0 Å². The van der Waals surface area contributed by atoms with Crippen LogP contribution in [-0.4, -0.2) is 40.6 Å². The molecule has 5 nitrogen and oxygen atoms in total. The highest BCUT2D eigenvalue weighted by atomic mass is 79.9. The Hall–Kier alpha value is -1.56. The van der Waals surface area contributed by atoms with E-state index in [0.29, 0.717) is 43.7 Å². The molecule has 0 aromatic heterocycles. The second-order valence-electron chi connectivity index (χ2n) is 5.75. The van der Waals surface area contributed by atoms with Gasteiger partial charge in [0.05, 0.1) is 12.0 Å². The number of halogens is 1. The van der Waals surface area contributed by atoms with Crippen LogP contribution in [0, 0.1) is 6.92 Å². The minimum Gasteiger partial charge on any atom is -0.486 e. The number of hydrogen-bond acceptors (Lipinski definition) is 3. The highest BCUT2D eigenvalue weighted by Crippen LogP contribution is 2.41. The smallest absolute Gasteiger partial charge is 0.407 e. The van der Waals surface area contributed by atoms with Crippen molar-refractivity contribution in [3.8, 4) is 5.75 Å². The van der Waals surface area contributed by atoms with E-state index in [1.165, 1.54) is 4.90 Å². The molecule has 3 rings (SSSR count). The Morgan fingerprint density at radius 2 is 2.05 bits per heavy atom. The van der Waals surface area contributed by atoms with E-state index in [1.807, 2.05) is 19.1 Å². The van der Waals surface area contributed by atoms with Gasteiger partial charge in [0.15, 0.2) is 5.78 Å². The molecule has 1 aromatic carbocycles. The number of carboxylic acid groups (broad SMARTS) is 1. The zero-order chi connectivity index (χ0) is 15.2. The van der Waals surface area contributed by atoms with Crippen LogP contribution in [0.2, 0.25) is 0 Å². The predicted molar refractivity (Wildman–Crippen MR) is 80.0 cm³/mol. The average molecular weight is 354 g/mol. The maximum absolute atomic E-state index is 12.4. The first-order valence-corrected chi connectivity index (χ1v) is 7.70. The lowest BCUT2D eigenvalue weighted by Crippen LogP contribution is -2.52. The molecule has 0 aliphatic carbocycles. The molecule has 0 unspecified atom stereocenters. The van der Waals surface area contributed by atoms with E-state index in [4.69, 9.17) is 9.84 Å². The van der Waals surface area contributed by atoms with E-state index < -0.39 is 11.7 Å². The quantitative estimate of drug-likeness (QED) is 0.777. The number of piperidine rings is 1. The molecule has 0 radical (unpaired) electrons. The maximum Gasteiger partial charge on any atom is 0.407 e. The molecule has 2 aliphatic heterocycles. The van der Waals surface area contributed by atoms with Crippen LogP contribution in [0.4, 0.5) is 4.79 Å². The van der Waals surface area contributed by atoms with Crippen molar-refractivity contribution in [2.75, 3.05) is 13.1 Å². The van der Waals surface area contributed by atoms with Crippen LogP contribution in [0.1, 0.15) is 35.2 Å². The van der Waals surface area contributed by atoms with E-state index in [0.717, 1.165) is 10.0 Å². The van der Waals surface area contributed by atoms with Crippen molar-refractivity contribution >= 4 is 27.8 Å². The molecule has 2 aliphatic rings. The number of fused-ring (bicyclic) bond motifs is 1. The Balaban J connectivity index is 1.87. The van der Waals surface area contributed by atoms with Crippen LogP contribution < -0.4 is 4.74 Å². The van der Waals surface area contributed by atoms with Gasteiger partial charge in [-0.3, -0.25) is 4.79 Å². The summed E-state index contributed by atoms with van der Waals surface area (Å²) in [5.41, 5.74) is 1.08. The van der Waals surface area contributed by atoms with Crippen molar-refractivity contribution in [2.45, 2.75) is 31.8 Å². The molecule has 0 bridgehead atoms. The summed E-state index contributed by atoms with van der Waals surface area (Å²) in [5.74, 6) is 0.683. The normalized spacial score (nSPS) is 20.1. The SMILES string of the molecule is Cc1cc2c(cc1Br)OC1(CCN(C(=O)O)CC1)CC2=O. The third-order valence-electron chi connectivity index (χ3n) is 4.32. The summed E-state index contributed by atoms with van der Waals surface area (Å²) in [6, 6.07) is 3.69. The molecule has 2 heterocycles. The third-order valence-corrected chi connectivity index (χ3v) is 5.17. The maximum atomic E-state index is 12.4. The monoisotopic (exact) mass is 353 g/mol. The first-order chi connectivity index (χ1) is 9.90. The minimum atomic E-state index is -0.911. The van der Waals surface area contributed by atoms with E-state index in [1.54, 1.807) is 0 Å². The Morgan fingerprint density at radius 1 is 1.38 bits per heavy atom. The number of hydrogen-bond donors (Lipinski definition) is 1. The van der Waals surface area contributed by atoms with Crippen LogP contribution in [0.3, 0.4) is 0 Å². The van der Waals surface area contributed by atoms with Gasteiger partial charge in [0, 0.05) is 30.4 Å². The summed E-state index contributed by atoms with van der Waals surface area (Å²) in [7, 11) is 0. The topological polar surface area (TPSA) is 66.8 Å². The zero-order valence-corrected chi connectivity index (χ0v) is 13.3. The number of Topliss-reactive ketones (excluding diaryl/α,β-unsaturated/α-hetero) is 1. The number of rotatable bonds is 0. The van der Waals surface area contributed by atoms with E-state index in [-0.39, 0.29) is 5.78 Å². The van der Waals surface area contributed by atoms with Gasteiger partial charge in [-0.15, -0.1) is 0 Å². The van der Waals surface area contributed by atoms with Gasteiger partial charge in [-0.2, -0.15) is 0 Å². The predicted octanol–water partition coefficient (Wildman–Crippen LogP) is 3.24. The van der Waals surface area contributed by atoms with E-state index >= 15 is 0 Å². The van der Waals surface area contributed by atoms with Crippen molar-refractivity contribution in [3.63, 3.8) is 0 Å². The van der Waals surface area contributed by atoms with Crippen molar-refractivity contribution < 1.29 is 19.4 Å². The molecule has 112 valence electrons. The highest BCUT2D eigenvalue weighted by Gasteiger charge is 2.43. The van der Waals surface area contributed by atoms with Crippen LogP contribution in [-0.2, 0) is 0 Å². The van der Waals surface area contributed by atoms with Gasteiger partial charge in [-0.05, 0) is 24.6 Å². The fraction of sp³-hybridized carbons (Fsp3) is 0.467. The summed E-state index contributed by atoms with van der Waals surface area (Å²) in [5, 5.41) is 9.01. The minimum absolute atomic E-state index is 0.0793. The molecule has 0 saturated carbocycles. The Labute approximate surface area is 131 Å². The molecular weight excluding hydrogens is 338 g/mol. The van der Waals surface area contributed by atoms with E-state index in [9.17, 15) is 9.59 Å². The second-order valence-corrected chi connectivity index (χ2v) is 6.61. The van der Waals surface area contributed by atoms with Gasteiger partial charge in [-0.25, -0.2) is 4.79 Å². The third kappa shape index (κ3) is 2.52. The Bertz CT molecular complexity index is 620. The van der Waals surface area contributed by atoms with Crippen LogP contribution in [0.15, 0.2) is 16.6 Å². The van der Waals surface area contributed by atoms with Gasteiger partial charge < -0.3 is 14.7 Å². The largest absolute Gasteiger partial charge is 0.486 e. The summed E-state index contributed by atoms with van der Waals surface area (Å²) < 4.78 is 7.04. The average Bonchev–Trinajstić information content (AvgIpc) is 2.42. The molecule has 1 spiro atoms. The molecule has 21 heavy (non-hydrogen) atoms. The first kappa shape index (κ1) is 14.4. The van der Waals surface area contributed by atoms with Crippen molar-refractivity contribution in [1.82, 2.24) is 4.90 Å². The molecule has 1 amide bonds. The van der Waals surface area contributed by atoms with Gasteiger partial charge in [0.1, 0.15) is 11.4 Å². The van der Waals surface area contributed by atoms with Gasteiger partial charge in [-0.1, -0.05) is 15.9 Å². The molecule has 1 N–H and O–H groups in total. The van der Waals surface area contributed by atoms with Crippen molar-refractivity contribution in [2.24, 2.45) is 0 Å². The van der Waals surface area contributed by atoms with Crippen LogP contribution >= 0.6 is 15.9 Å². The highest BCUT2D eigenvalue weighted by molar-refractivity contribution is 9.10. The molecule has 1 fully saturated rings. The number of aryl methyl sites for hydroxylation is 1. The number of carbonyl (C=O) groups excluding carboxylic acids is 1. The Kier molecular flexibility index (Phi) is 3.43.